The largest absolute Gasteiger partial charge is 0.416 e. The van der Waals surface area contributed by atoms with Crippen molar-refractivity contribution < 1.29 is 31.5 Å². The Bertz CT molecular complexity index is 2060. The predicted octanol–water partition coefficient (Wildman–Crippen LogP) is 8.40. The van der Waals surface area contributed by atoms with Gasteiger partial charge in [-0.25, -0.2) is 8.78 Å². The van der Waals surface area contributed by atoms with Gasteiger partial charge in [-0.1, -0.05) is 60.7 Å². The molecule has 1 amide bonds. The van der Waals surface area contributed by atoms with Crippen LogP contribution in [0.3, 0.4) is 0 Å². The van der Waals surface area contributed by atoms with Gasteiger partial charge in [-0.15, -0.1) is 11.8 Å². The quantitative estimate of drug-likeness (QED) is 0.0953. The molecule has 12 heteroatoms. The Morgan fingerprint density at radius 3 is 2.25 bits per heavy atom. The average molecular weight is 736 g/mol. The van der Waals surface area contributed by atoms with E-state index in [-0.39, 0.29) is 35.2 Å². The highest BCUT2D eigenvalue weighted by molar-refractivity contribution is 7.98. The first-order valence-electron chi connectivity index (χ1n) is 17.0. The number of rotatable bonds is 12. The fourth-order valence-corrected chi connectivity index (χ4v) is 7.61. The number of nitrogens with zero attached hydrogens (tertiary/aromatic N) is 3. The summed E-state index contributed by atoms with van der Waals surface area (Å²) >= 11 is 1.16. The number of thioether (sulfide) groups is 1. The molecule has 0 N–H and O–H groups in total. The Labute approximate surface area is 302 Å². The minimum Gasteiger partial charge on any atom is -0.383 e. The van der Waals surface area contributed by atoms with Gasteiger partial charge in [0.2, 0.25) is 5.91 Å². The second-order valence-corrected chi connectivity index (χ2v) is 13.8. The molecule has 4 aromatic carbocycles. The molecule has 5 aromatic rings. The van der Waals surface area contributed by atoms with Crippen molar-refractivity contribution in [2.45, 2.75) is 48.9 Å². The van der Waals surface area contributed by atoms with Crippen LogP contribution in [0.15, 0.2) is 107 Å². The van der Waals surface area contributed by atoms with Crippen molar-refractivity contribution in [1.29, 1.82) is 0 Å². The minimum atomic E-state index is -4.42. The molecule has 1 fully saturated rings. The van der Waals surface area contributed by atoms with Gasteiger partial charge < -0.3 is 19.1 Å². The molecule has 1 aromatic heterocycles. The summed E-state index contributed by atoms with van der Waals surface area (Å²) in [5.41, 5.74) is 1.99. The highest BCUT2D eigenvalue weighted by Crippen LogP contribution is 2.32. The number of alkyl halides is 3. The maximum Gasteiger partial charge on any atom is 0.416 e. The minimum absolute atomic E-state index is 0.0461. The number of aromatic nitrogens is 1. The number of carbonyl (C=O) groups is 1. The van der Waals surface area contributed by atoms with Gasteiger partial charge >= 0.3 is 6.18 Å². The van der Waals surface area contributed by atoms with Crippen molar-refractivity contribution in [1.82, 2.24) is 14.4 Å². The number of fused-ring (bicyclic) bond motifs is 1. The van der Waals surface area contributed by atoms with Crippen molar-refractivity contribution >= 4 is 28.6 Å². The zero-order chi connectivity index (χ0) is 36.8. The van der Waals surface area contributed by atoms with Crippen molar-refractivity contribution in [2.24, 2.45) is 0 Å². The Balaban J connectivity index is 1.28. The van der Waals surface area contributed by atoms with Gasteiger partial charge in [0.05, 0.1) is 22.7 Å². The van der Waals surface area contributed by atoms with E-state index in [1.165, 1.54) is 30.3 Å². The molecule has 0 atom stereocenters. The smallest absolute Gasteiger partial charge is 0.383 e. The first-order chi connectivity index (χ1) is 25.0. The summed E-state index contributed by atoms with van der Waals surface area (Å²) in [6.07, 6.45) is -2.94. The van der Waals surface area contributed by atoms with E-state index in [1.807, 2.05) is 29.2 Å². The number of hydrogen-bond acceptors (Lipinski definition) is 5. The van der Waals surface area contributed by atoms with Crippen LogP contribution in [-0.4, -0.2) is 59.7 Å². The van der Waals surface area contributed by atoms with Gasteiger partial charge in [0, 0.05) is 62.1 Å². The van der Waals surface area contributed by atoms with Crippen LogP contribution in [0.4, 0.5) is 22.0 Å². The molecule has 0 aliphatic carbocycles. The maximum atomic E-state index is 14.6. The number of hydrogen-bond donors (Lipinski definition) is 0. The molecule has 1 saturated heterocycles. The lowest BCUT2D eigenvalue weighted by Crippen LogP contribution is -2.48. The number of ether oxygens (including phenoxy) is 1. The van der Waals surface area contributed by atoms with E-state index in [0.29, 0.717) is 34.6 Å². The van der Waals surface area contributed by atoms with E-state index < -0.39 is 23.4 Å². The standard InChI is InChI=1S/C40H38F5N3O3S/c1-51-22-21-46-19-17-32(18-20-46)47(24-27-9-11-28(12-10-27)29-13-15-31(16-14-29)40(43,44)45)37(50)25-48-35-8-3-2-6-33(35)36(49)23-38(48)52-26-30-5-4-7-34(41)39(30)42/h2-16,23,32H,17-22,24-26H2,1H3. The van der Waals surface area contributed by atoms with Gasteiger partial charge in [0.25, 0.3) is 0 Å². The van der Waals surface area contributed by atoms with E-state index in [0.717, 1.165) is 73.6 Å². The molecule has 1 aliphatic heterocycles. The SMILES string of the molecule is COCCN1CCC(N(Cc2ccc(-c3ccc(C(F)(F)F)cc3)cc2)C(=O)Cn2c(SCc3cccc(F)c3F)cc(=O)c3ccccc32)CC1. The normalized spacial score (nSPS) is 14.2. The van der Waals surface area contributed by atoms with Crippen LogP contribution in [-0.2, 0) is 34.6 Å². The lowest BCUT2D eigenvalue weighted by atomic mass is 10.00. The van der Waals surface area contributed by atoms with E-state index >= 15 is 0 Å². The molecule has 0 bridgehead atoms. The summed E-state index contributed by atoms with van der Waals surface area (Å²) in [4.78, 5) is 31.8. The zero-order valence-corrected chi connectivity index (χ0v) is 29.4. The third kappa shape index (κ3) is 8.74. The Morgan fingerprint density at radius 2 is 1.58 bits per heavy atom. The maximum absolute atomic E-state index is 14.6. The zero-order valence-electron chi connectivity index (χ0n) is 28.5. The third-order valence-corrected chi connectivity index (χ3v) is 10.6. The second-order valence-electron chi connectivity index (χ2n) is 12.8. The summed E-state index contributed by atoms with van der Waals surface area (Å²) in [6.45, 7) is 3.17. The molecule has 6 rings (SSSR count). The molecule has 0 saturated carbocycles. The molecule has 0 spiro atoms. The number of halogens is 5. The number of methoxy groups -OCH3 is 1. The van der Waals surface area contributed by atoms with Gasteiger partial charge in [0.15, 0.2) is 17.1 Å². The Morgan fingerprint density at radius 1 is 0.904 bits per heavy atom. The number of carbonyl (C=O) groups excluding carboxylic acids is 1. The van der Waals surface area contributed by atoms with Crippen molar-refractivity contribution in [3.8, 4) is 11.1 Å². The summed E-state index contributed by atoms with van der Waals surface area (Å²) in [5.74, 6) is -2.03. The molecular weight excluding hydrogens is 698 g/mol. The fraction of sp³-hybridized carbons (Fsp3) is 0.300. The van der Waals surface area contributed by atoms with Crippen LogP contribution in [0.5, 0.6) is 0 Å². The molecular formula is C40H38F5N3O3S. The summed E-state index contributed by atoms with van der Waals surface area (Å²) in [5, 5.41) is 0.893. The van der Waals surface area contributed by atoms with E-state index in [4.69, 9.17) is 4.74 Å². The monoisotopic (exact) mass is 735 g/mol. The topological polar surface area (TPSA) is 54.8 Å². The first kappa shape index (κ1) is 37.2. The predicted molar refractivity (Wildman–Crippen MR) is 193 cm³/mol. The van der Waals surface area contributed by atoms with Crippen LogP contribution in [0.25, 0.3) is 22.0 Å². The molecule has 1 aliphatic rings. The number of amides is 1. The lowest BCUT2D eigenvalue weighted by Gasteiger charge is -2.39. The van der Waals surface area contributed by atoms with E-state index in [1.54, 1.807) is 35.9 Å². The molecule has 272 valence electrons. The van der Waals surface area contributed by atoms with E-state index in [2.05, 4.69) is 4.90 Å². The molecule has 0 unspecified atom stereocenters. The van der Waals surface area contributed by atoms with Crippen LogP contribution >= 0.6 is 11.8 Å². The van der Waals surface area contributed by atoms with Gasteiger partial charge in [0.1, 0.15) is 6.54 Å². The van der Waals surface area contributed by atoms with Crippen LogP contribution in [0.1, 0.15) is 29.5 Å². The van der Waals surface area contributed by atoms with Crippen LogP contribution in [0.2, 0.25) is 0 Å². The lowest BCUT2D eigenvalue weighted by molar-refractivity contribution is -0.137. The van der Waals surface area contributed by atoms with Crippen molar-refractivity contribution in [2.75, 3.05) is 33.4 Å². The average Bonchev–Trinajstić information content (AvgIpc) is 3.15. The van der Waals surface area contributed by atoms with Gasteiger partial charge in [-0.2, -0.15) is 13.2 Å². The highest BCUT2D eigenvalue weighted by atomic mass is 32.2. The summed E-state index contributed by atoms with van der Waals surface area (Å²) in [6, 6.07) is 24.8. The van der Waals surface area contributed by atoms with Crippen LogP contribution in [0, 0.1) is 11.6 Å². The highest BCUT2D eigenvalue weighted by Gasteiger charge is 2.31. The van der Waals surface area contributed by atoms with Crippen molar-refractivity contribution in [3.05, 3.63) is 136 Å². The molecule has 0 radical (unpaired) electrons. The summed E-state index contributed by atoms with van der Waals surface area (Å²) in [7, 11) is 1.66. The van der Waals surface area contributed by atoms with Gasteiger partial charge in [-0.3, -0.25) is 9.59 Å². The number of pyridine rings is 1. The van der Waals surface area contributed by atoms with E-state index in [9.17, 15) is 31.5 Å². The molecule has 2 heterocycles. The second kappa shape index (κ2) is 16.4. The Hall–Kier alpha value is -4.52. The fourth-order valence-electron chi connectivity index (χ4n) is 6.57. The van der Waals surface area contributed by atoms with Crippen molar-refractivity contribution in [3.63, 3.8) is 0 Å². The number of para-hydroxylation sites is 1. The van der Waals surface area contributed by atoms with Crippen LogP contribution < -0.4 is 5.43 Å². The number of benzene rings is 4. The third-order valence-electron chi connectivity index (χ3n) is 9.46. The first-order valence-corrected chi connectivity index (χ1v) is 18.0. The molecule has 6 nitrogen and oxygen atoms in total. The Kier molecular flexibility index (Phi) is 11.8. The number of likely N-dealkylation sites (tertiary alicyclic amines) is 1. The molecule has 52 heavy (non-hydrogen) atoms. The summed E-state index contributed by atoms with van der Waals surface area (Å²) < 4.78 is 74.9. The van der Waals surface area contributed by atoms with Gasteiger partial charge in [-0.05, 0) is 59.9 Å². The number of piperidine rings is 1.